The number of hydrogen-bond donors (Lipinski definition) is 2. The number of amides is 1. The van der Waals surface area contributed by atoms with Crippen LogP contribution >= 0.6 is 0 Å². The number of nitrogens with one attached hydrogen (secondary N) is 2. The first-order valence-corrected chi connectivity index (χ1v) is 10.3. The highest BCUT2D eigenvalue weighted by molar-refractivity contribution is 6.11. The summed E-state index contributed by atoms with van der Waals surface area (Å²) in [6, 6.07) is 9.20. The summed E-state index contributed by atoms with van der Waals surface area (Å²) in [5, 5.41) is 0. The standard InChI is InChI=1S/C23H23F3N4O3/c1-27-20(29-28-2)9-22(12-33-13-22)15-4-3-5-16(8-15)30-10-18-17(21(30)32)6-14(11-31)7-19(18)23(24,25)26/h3-8,11,28H,9-10,12-13H2,1-2H3,(H,27,29). The SMILES string of the molecule is CN=C(CC1(c2cccc(N3Cc4c(cc(C=O)cc4C(F)(F)F)C3=O)c2)COC1)NNC. The summed E-state index contributed by atoms with van der Waals surface area (Å²) in [5.74, 6) is 0.162. The Balaban J connectivity index is 1.69. The number of rotatable bonds is 6. The Morgan fingerprint density at radius 1 is 1.27 bits per heavy atom. The van der Waals surface area contributed by atoms with Crippen LogP contribution in [0.25, 0.3) is 0 Å². The molecular weight excluding hydrogens is 437 g/mol. The molecule has 0 spiro atoms. The van der Waals surface area contributed by atoms with Crippen molar-refractivity contribution in [3.05, 3.63) is 64.2 Å². The number of anilines is 1. The van der Waals surface area contributed by atoms with Gasteiger partial charge >= 0.3 is 6.18 Å². The Hall–Kier alpha value is -3.24. The predicted octanol–water partition coefficient (Wildman–Crippen LogP) is 3.09. The summed E-state index contributed by atoms with van der Waals surface area (Å²) in [6.45, 7) is 0.685. The van der Waals surface area contributed by atoms with Crippen molar-refractivity contribution >= 4 is 23.7 Å². The number of nitrogens with zero attached hydrogens (tertiary/aromatic N) is 2. The van der Waals surface area contributed by atoms with Crippen molar-refractivity contribution < 1.29 is 27.5 Å². The van der Waals surface area contributed by atoms with Crippen LogP contribution in [0.15, 0.2) is 41.4 Å². The van der Waals surface area contributed by atoms with Gasteiger partial charge < -0.3 is 15.1 Å². The molecule has 7 nitrogen and oxygen atoms in total. The van der Waals surface area contributed by atoms with Crippen LogP contribution in [0, 0.1) is 0 Å². The number of aliphatic imine (C=N–C) groups is 1. The van der Waals surface area contributed by atoms with Crippen LogP contribution in [-0.2, 0) is 22.9 Å². The van der Waals surface area contributed by atoms with E-state index in [0.29, 0.717) is 31.6 Å². The van der Waals surface area contributed by atoms with Crippen molar-refractivity contribution in [2.24, 2.45) is 4.99 Å². The van der Waals surface area contributed by atoms with Crippen molar-refractivity contribution in [3.63, 3.8) is 0 Å². The Bertz CT molecular complexity index is 1130. The van der Waals surface area contributed by atoms with Crippen molar-refractivity contribution in [1.82, 2.24) is 10.9 Å². The third-order valence-electron chi connectivity index (χ3n) is 6.08. The van der Waals surface area contributed by atoms with E-state index in [1.807, 2.05) is 12.1 Å². The average Bonchev–Trinajstić information content (AvgIpc) is 3.10. The zero-order valence-electron chi connectivity index (χ0n) is 18.1. The highest BCUT2D eigenvalue weighted by Crippen LogP contribution is 2.41. The van der Waals surface area contributed by atoms with Crippen LogP contribution in [0.1, 0.15) is 43.8 Å². The van der Waals surface area contributed by atoms with Gasteiger partial charge in [-0.3, -0.25) is 14.6 Å². The van der Waals surface area contributed by atoms with Gasteiger partial charge in [-0.05, 0) is 35.4 Å². The normalized spacial score (nSPS) is 17.5. The molecule has 33 heavy (non-hydrogen) atoms. The number of amidine groups is 1. The minimum Gasteiger partial charge on any atom is -0.379 e. The van der Waals surface area contributed by atoms with E-state index < -0.39 is 17.6 Å². The number of fused-ring (bicyclic) bond motifs is 1. The summed E-state index contributed by atoms with van der Waals surface area (Å²) in [4.78, 5) is 29.8. The van der Waals surface area contributed by atoms with Crippen molar-refractivity contribution in [2.75, 3.05) is 32.2 Å². The monoisotopic (exact) mass is 460 g/mol. The third kappa shape index (κ3) is 4.11. The summed E-state index contributed by atoms with van der Waals surface area (Å²) in [6.07, 6.45) is -3.80. The van der Waals surface area contributed by atoms with Crippen LogP contribution in [0.2, 0.25) is 0 Å². The molecule has 1 fully saturated rings. The molecule has 0 aliphatic carbocycles. The highest BCUT2D eigenvalue weighted by Gasteiger charge is 2.43. The molecule has 1 saturated heterocycles. The fraction of sp³-hybridized carbons (Fsp3) is 0.348. The second-order valence-electron chi connectivity index (χ2n) is 8.15. The van der Waals surface area contributed by atoms with Gasteiger partial charge in [-0.15, -0.1) is 0 Å². The number of halogens is 3. The lowest BCUT2D eigenvalue weighted by atomic mass is 9.75. The lowest BCUT2D eigenvalue weighted by molar-refractivity contribution is -0.138. The summed E-state index contributed by atoms with van der Waals surface area (Å²) in [7, 11) is 3.41. The maximum atomic E-state index is 13.6. The summed E-state index contributed by atoms with van der Waals surface area (Å²) < 4.78 is 46.4. The van der Waals surface area contributed by atoms with E-state index in [1.165, 1.54) is 11.0 Å². The fourth-order valence-corrected chi connectivity index (χ4v) is 4.33. The summed E-state index contributed by atoms with van der Waals surface area (Å²) >= 11 is 0. The first-order chi connectivity index (χ1) is 15.7. The number of ether oxygens (including phenoxy) is 1. The Labute approximate surface area is 188 Å². The molecule has 2 N–H and O–H groups in total. The van der Waals surface area contributed by atoms with E-state index in [2.05, 4.69) is 15.8 Å². The molecule has 0 bridgehead atoms. The smallest absolute Gasteiger partial charge is 0.379 e. The maximum Gasteiger partial charge on any atom is 0.416 e. The molecular formula is C23H23F3N4O3. The van der Waals surface area contributed by atoms with Crippen LogP contribution in [0.4, 0.5) is 18.9 Å². The molecule has 0 atom stereocenters. The fourth-order valence-electron chi connectivity index (χ4n) is 4.33. The van der Waals surface area contributed by atoms with E-state index in [1.54, 1.807) is 26.2 Å². The van der Waals surface area contributed by atoms with E-state index in [9.17, 15) is 22.8 Å². The maximum absolute atomic E-state index is 13.6. The first-order valence-electron chi connectivity index (χ1n) is 10.3. The molecule has 2 aromatic rings. The molecule has 10 heteroatoms. The minimum absolute atomic E-state index is 0.0994. The van der Waals surface area contributed by atoms with Crippen LogP contribution in [0.3, 0.4) is 0 Å². The Kier molecular flexibility index (Phi) is 5.98. The topological polar surface area (TPSA) is 83.0 Å². The van der Waals surface area contributed by atoms with Crippen molar-refractivity contribution in [1.29, 1.82) is 0 Å². The molecule has 2 aromatic carbocycles. The molecule has 2 aliphatic rings. The lowest BCUT2D eigenvalue weighted by Crippen LogP contribution is -2.51. The molecule has 2 aliphatic heterocycles. The van der Waals surface area contributed by atoms with Gasteiger partial charge in [-0.1, -0.05) is 12.1 Å². The number of benzene rings is 2. The zero-order chi connectivity index (χ0) is 23.8. The second-order valence-corrected chi connectivity index (χ2v) is 8.15. The number of hydrazine groups is 1. The quantitative estimate of drug-likeness (QED) is 0.300. The zero-order valence-corrected chi connectivity index (χ0v) is 18.1. The van der Waals surface area contributed by atoms with E-state index in [4.69, 9.17) is 4.74 Å². The molecule has 2 heterocycles. The highest BCUT2D eigenvalue weighted by atomic mass is 19.4. The van der Waals surface area contributed by atoms with Gasteiger partial charge in [0.1, 0.15) is 12.1 Å². The Morgan fingerprint density at radius 2 is 2.03 bits per heavy atom. The van der Waals surface area contributed by atoms with E-state index in [0.717, 1.165) is 17.5 Å². The first kappa shape index (κ1) is 22.9. The largest absolute Gasteiger partial charge is 0.416 e. The lowest BCUT2D eigenvalue weighted by Gasteiger charge is -2.42. The van der Waals surface area contributed by atoms with Gasteiger partial charge in [0.05, 0.1) is 25.3 Å². The average molecular weight is 460 g/mol. The predicted molar refractivity (Wildman–Crippen MR) is 116 cm³/mol. The number of alkyl halides is 3. The number of carbonyl (C=O) groups is 2. The van der Waals surface area contributed by atoms with Crippen LogP contribution in [0.5, 0.6) is 0 Å². The third-order valence-corrected chi connectivity index (χ3v) is 6.08. The van der Waals surface area contributed by atoms with Gasteiger partial charge in [0.2, 0.25) is 0 Å². The molecule has 0 aromatic heterocycles. The molecule has 0 unspecified atom stereocenters. The molecule has 4 rings (SSSR count). The van der Waals surface area contributed by atoms with Gasteiger partial charge in [0, 0.05) is 42.7 Å². The van der Waals surface area contributed by atoms with Crippen LogP contribution < -0.4 is 15.8 Å². The minimum atomic E-state index is -4.68. The number of carbonyl (C=O) groups excluding carboxylic acids is 2. The van der Waals surface area contributed by atoms with E-state index >= 15 is 0 Å². The molecule has 0 saturated carbocycles. The Morgan fingerprint density at radius 3 is 2.61 bits per heavy atom. The van der Waals surface area contributed by atoms with Crippen molar-refractivity contribution in [2.45, 2.75) is 24.6 Å². The number of aldehydes is 1. The van der Waals surface area contributed by atoms with Crippen LogP contribution in [-0.4, -0.2) is 45.3 Å². The molecule has 1 amide bonds. The van der Waals surface area contributed by atoms with E-state index in [-0.39, 0.29) is 28.7 Å². The second kappa shape index (κ2) is 8.60. The van der Waals surface area contributed by atoms with Gasteiger partial charge in [0.25, 0.3) is 5.91 Å². The van der Waals surface area contributed by atoms with Gasteiger partial charge in [-0.25, -0.2) is 5.43 Å². The van der Waals surface area contributed by atoms with Gasteiger partial charge in [-0.2, -0.15) is 13.2 Å². The molecule has 174 valence electrons. The van der Waals surface area contributed by atoms with Gasteiger partial charge in [0.15, 0.2) is 0 Å². The molecule has 0 radical (unpaired) electrons. The van der Waals surface area contributed by atoms with Crippen molar-refractivity contribution in [3.8, 4) is 0 Å². The number of hydrogen-bond acceptors (Lipinski definition) is 5. The summed E-state index contributed by atoms with van der Waals surface area (Å²) in [5.41, 5.74) is 5.49.